The molecule has 110 valence electrons. The lowest BCUT2D eigenvalue weighted by Crippen LogP contribution is -2.14. The number of nitrogens with one attached hydrogen (secondary N) is 1. The molecule has 0 aliphatic rings. The number of carbonyl (C=O) groups excluding carboxylic acids is 1. The van der Waals surface area contributed by atoms with E-state index in [0.29, 0.717) is 5.69 Å². The summed E-state index contributed by atoms with van der Waals surface area (Å²) >= 11 is 0. The van der Waals surface area contributed by atoms with E-state index in [-0.39, 0.29) is 12.4 Å². The van der Waals surface area contributed by atoms with Crippen LogP contribution in [0.2, 0.25) is 0 Å². The summed E-state index contributed by atoms with van der Waals surface area (Å²) in [5.41, 5.74) is 3.89. The second-order valence-corrected chi connectivity index (χ2v) is 5.03. The third kappa shape index (κ3) is 3.54. The van der Waals surface area contributed by atoms with Gasteiger partial charge in [-0.15, -0.1) is 0 Å². The van der Waals surface area contributed by atoms with Gasteiger partial charge in [-0.25, -0.2) is 4.79 Å². The SMILES string of the molecule is Cc1cc(NC(=O)OCc2ccccc2)c(C)c(C)c1O. The Balaban J connectivity index is 2.03. The van der Waals surface area contributed by atoms with Gasteiger partial charge in [-0.2, -0.15) is 0 Å². The molecule has 0 aliphatic heterocycles. The lowest BCUT2D eigenvalue weighted by molar-refractivity contribution is 0.155. The maximum atomic E-state index is 11.8. The van der Waals surface area contributed by atoms with Crippen molar-refractivity contribution in [2.45, 2.75) is 27.4 Å². The molecule has 21 heavy (non-hydrogen) atoms. The van der Waals surface area contributed by atoms with E-state index in [9.17, 15) is 9.90 Å². The molecule has 2 N–H and O–H groups in total. The largest absolute Gasteiger partial charge is 0.507 e. The number of anilines is 1. The zero-order valence-corrected chi connectivity index (χ0v) is 12.4. The van der Waals surface area contributed by atoms with E-state index in [4.69, 9.17) is 4.74 Å². The maximum Gasteiger partial charge on any atom is 0.411 e. The van der Waals surface area contributed by atoms with Crippen molar-refractivity contribution < 1.29 is 14.6 Å². The van der Waals surface area contributed by atoms with Gasteiger partial charge in [-0.1, -0.05) is 30.3 Å². The lowest BCUT2D eigenvalue weighted by atomic mass is 10.0. The summed E-state index contributed by atoms with van der Waals surface area (Å²) in [6.07, 6.45) is -0.508. The van der Waals surface area contributed by atoms with Gasteiger partial charge in [-0.05, 0) is 49.1 Å². The second-order valence-electron chi connectivity index (χ2n) is 5.03. The Kier molecular flexibility index (Phi) is 4.48. The van der Waals surface area contributed by atoms with Crippen molar-refractivity contribution in [3.63, 3.8) is 0 Å². The third-order valence-electron chi connectivity index (χ3n) is 3.51. The molecule has 0 spiro atoms. The number of aromatic hydroxyl groups is 1. The summed E-state index contributed by atoms with van der Waals surface area (Å²) in [5.74, 6) is 0.260. The molecule has 0 unspecified atom stereocenters. The van der Waals surface area contributed by atoms with Crippen molar-refractivity contribution >= 4 is 11.8 Å². The predicted octanol–water partition coefficient (Wildman–Crippen LogP) is 4.07. The van der Waals surface area contributed by atoms with Gasteiger partial charge >= 0.3 is 6.09 Å². The number of aryl methyl sites for hydroxylation is 1. The smallest absolute Gasteiger partial charge is 0.411 e. The molecule has 0 aliphatic carbocycles. The maximum absolute atomic E-state index is 11.8. The molecule has 4 nitrogen and oxygen atoms in total. The van der Waals surface area contributed by atoms with Crippen LogP contribution in [0.15, 0.2) is 36.4 Å². The number of rotatable bonds is 3. The zero-order valence-electron chi connectivity index (χ0n) is 12.4. The Hall–Kier alpha value is -2.49. The van der Waals surface area contributed by atoms with Gasteiger partial charge < -0.3 is 9.84 Å². The average molecular weight is 285 g/mol. The van der Waals surface area contributed by atoms with E-state index >= 15 is 0 Å². The van der Waals surface area contributed by atoms with Crippen molar-refractivity contribution in [1.82, 2.24) is 0 Å². The average Bonchev–Trinajstić information content (AvgIpc) is 2.49. The van der Waals surface area contributed by atoms with E-state index in [1.807, 2.05) is 44.2 Å². The number of amides is 1. The fourth-order valence-electron chi connectivity index (χ4n) is 2.07. The molecule has 0 saturated heterocycles. The van der Waals surface area contributed by atoms with Gasteiger partial charge in [-0.3, -0.25) is 5.32 Å². The Morgan fingerprint density at radius 1 is 1.14 bits per heavy atom. The van der Waals surface area contributed by atoms with Crippen molar-refractivity contribution in [2.24, 2.45) is 0 Å². The van der Waals surface area contributed by atoms with Crippen LogP contribution in [-0.2, 0) is 11.3 Å². The summed E-state index contributed by atoms with van der Waals surface area (Å²) in [4.78, 5) is 11.8. The number of hydrogen-bond donors (Lipinski definition) is 2. The summed E-state index contributed by atoms with van der Waals surface area (Å²) in [6, 6.07) is 11.2. The first-order valence-corrected chi connectivity index (χ1v) is 6.76. The van der Waals surface area contributed by atoms with Crippen LogP contribution in [0.3, 0.4) is 0 Å². The molecule has 4 heteroatoms. The van der Waals surface area contributed by atoms with Gasteiger partial charge in [0.15, 0.2) is 0 Å². The van der Waals surface area contributed by atoms with Crippen LogP contribution in [0.4, 0.5) is 10.5 Å². The number of phenolic OH excluding ortho intramolecular Hbond substituents is 1. The monoisotopic (exact) mass is 285 g/mol. The number of carbonyl (C=O) groups is 1. The van der Waals surface area contributed by atoms with Crippen LogP contribution >= 0.6 is 0 Å². The van der Waals surface area contributed by atoms with Gasteiger partial charge in [0.25, 0.3) is 0 Å². The molecular formula is C17H19NO3. The molecule has 0 atom stereocenters. The van der Waals surface area contributed by atoms with E-state index in [2.05, 4.69) is 5.32 Å². The minimum absolute atomic E-state index is 0.224. The molecule has 2 aromatic carbocycles. The molecule has 0 saturated carbocycles. The Bertz CT molecular complexity index is 651. The minimum Gasteiger partial charge on any atom is -0.507 e. The van der Waals surface area contributed by atoms with Crippen LogP contribution in [0.25, 0.3) is 0 Å². The first-order valence-electron chi connectivity index (χ1n) is 6.76. The highest BCUT2D eigenvalue weighted by molar-refractivity contribution is 5.86. The molecule has 1 amide bonds. The summed E-state index contributed by atoms with van der Waals surface area (Å²) < 4.78 is 5.18. The summed E-state index contributed by atoms with van der Waals surface area (Å²) in [5, 5.41) is 12.6. The Labute approximate surface area is 124 Å². The fourth-order valence-corrected chi connectivity index (χ4v) is 2.07. The summed E-state index contributed by atoms with van der Waals surface area (Å²) in [7, 11) is 0. The predicted molar refractivity (Wildman–Crippen MR) is 82.6 cm³/mol. The molecule has 2 aromatic rings. The minimum atomic E-state index is -0.508. The van der Waals surface area contributed by atoms with Crippen molar-refractivity contribution in [3.8, 4) is 5.75 Å². The second kappa shape index (κ2) is 6.31. The lowest BCUT2D eigenvalue weighted by Gasteiger charge is -2.14. The fraction of sp³-hybridized carbons (Fsp3) is 0.235. The molecule has 0 fully saturated rings. The standard InChI is InChI=1S/C17H19NO3/c1-11-9-15(12(2)13(3)16(11)19)18-17(20)21-10-14-7-5-4-6-8-14/h4-9,19H,10H2,1-3H3,(H,18,20). The normalized spacial score (nSPS) is 10.2. The van der Waals surface area contributed by atoms with Crippen molar-refractivity contribution in [2.75, 3.05) is 5.32 Å². The topological polar surface area (TPSA) is 58.6 Å². The Morgan fingerprint density at radius 3 is 2.48 bits per heavy atom. The Morgan fingerprint density at radius 2 is 1.81 bits per heavy atom. The van der Waals surface area contributed by atoms with Gasteiger partial charge in [0.2, 0.25) is 0 Å². The van der Waals surface area contributed by atoms with Gasteiger partial charge in [0.05, 0.1) is 0 Å². The highest BCUT2D eigenvalue weighted by Gasteiger charge is 2.12. The number of benzene rings is 2. The molecule has 0 heterocycles. The van der Waals surface area contributed by atoms with Crippen LogP contribution in [0.5, 0.6) is 5.75 Å². The van der Waals surface area contributed by atoms with Crippen molar-refractivity contribution in [3.05, 3.63) is 58.7 Å². The van der Waals surface area contributed by atoms with Crippen molar-refractivity contribution in [1.29, 1.82) is 0 Å². The van der Waals surface area contributed by atoms with E-state index in [1.165, 1.54) is 0 Å². The van der Waals surface area contributed by atoms with Crippen LogP contribution in [-0.4, -0.2) is 11.2 Å². The van der Waals surface area contributed by atoms with Gasteiger partial charge in [0, 0.05) is 5.69 Å². The third-order valence-corrected chi connectivity index (χ3v) is 3.51. The van der Waals surface area contributed by atoms with Crippen LogP contribution in [0.1, 0.15) is 22.3 Å². The number of phenols is 1. The zero-order chi connectivity index (χ0) is 15.4. The molecular weight excluding hydrogens is 266 g/mol. The van der Waals surface area contributed by atoms with E-state index < -0.39 is 6.09 Å². The van der Waals surface area contributed by atoms with Gasteiger partial charge in [0.1, 0.15) is 12.4 Å². The van der Waals surface area contributed by atoms with E-state index in [1.54, 1.807) is 13.0 Å². The number of hydrogen-bond acceptors (Lipinski definition) is 3. The molecule has 0 radical (unpaired) electrons. The number of ether oxygens (including phenoxy) is 1. The highest BCUT2D eigenvalue weighted by Crippen LogP contribution is 2.30. The summed E-state index contributed by atoms with van der Waals surface area (Å²) in [6.45, 7) is 5.68. The quantitative estimate of drug-likeness (QED) is 0.836. The molecule has 0 bridgehead atoms. The van der Waals surface area contributed by atoms with Crippen LogP contribution < -0.4 is 5.32 Å². The van der Waals surface area contributed by atoms with Crippen LogP contribution in [0, 0.1) is 20.8 Å². The highest BCUT2D eigenvalue weighted by atomic mass is 16.5. The molecule has 2 rings (SSSR count). The van der Waals surface area contributed by atoms with E-state index in [0.717, 1.165) is 22.3 Å². The first kappa shape index (κ1) is 14.9. The molecule has 0 aromatic heterocycles. The first-order chi connectivity index (χ1) is 9.99.